The van der Waals surface area contributed by atoms with Crippen LogP contribution in [-0.2, 0) is 11.2 Å². The molecule has 10 heteroatoms. The Morgan fingerprint density at radius 3 is 2.48 bits per heavy atom. The van der Waals surface area contributed by atoms with Gasteiger partial charge < -0.3 is 5.32 Å². The van der Waals surface area contributed by atoms with Crippen LogP contribution in [0, 0.1) is 0 Å². The third kappa shape index (κ3) is 4.33. The number of carbonyl (C=O) groups is 2. The Kier molecular flexibility index (Phi) is 5.35. The predicted molar refractivity (Wildman–Crippen MR) is 113 cm³/mol. The van der Waals surface area contributed by atoms with Crippen molar-refractivity contribution < 1.29 is 22.8 Å². The van der Waals surface area contributed by atoms with Gasteiger partial charge in [-0.05, 0) is 60.6 Å². The van der Waals surface area contributed by atoms with Crippen LogP contribution in [0.2, 0.25) is 5.15 Å². The molecule has 0 radical (unpaired) electrons. The second-order valence-electron chi connectivity index (χ2n) is 7.24. The minimum Gasteiger partial charge on any atom is -0.323 e. The monoisotopic (exact) mass is 465 g/mol. The van der Waals surface area contributed by atoms with Crippen LogP contribution in [0.4, 0.5) is 23.7 Å². The molecule has 1 fully saturated rings. The van der Waals surface area contributed by atoms with E-state index in [1.54, 1.807) is 19.1 Å². The normalized spacial score (nSPS) is 19.2. The number of carbonyl (C=O) groups excluding carboxylic acids is 2. The van der Waals surface area contributed by atoms with Crippen LogP contribution in [-0.4, -0.2) is 28.0 Å². The number of para-hydroxylation sites is 1. The average molecular weight is 466 g/mol. The number of rotatable bonds is 4. The summed E-state index contributed by atoms with van der Waals surface area (Å²) in [6.07, 6.45) is 0.166. The number of nitrogens with one attached hydrogen (secondary N) is 1. The molecule has 0 bridgehead atoms. The zero-order valence-corrected chi connectivity index (χ0v) is 17.6. The largest absolute Gasteiger partial charge is 0.446 e. The minimum atomic E-state index is -4.42. The van der Waals surface area contributed by atoms with Gasteiger partial charge in [0.15, 0.2) is 0 Å². The van der Waals surface area contributed by atoms with E-state index in [4.69, 9.17) is 11.6 Å². The summed E-state index contributed by atoms with van der Waals surface area (Å²) in [6, 6.07) is 13.4. The lowest BCUT2D eigenvalue weighted by Gasteiger charge is -2.22. The maximum Gasteiger partial charge on any atom is 0.446 e. The second-order valence-corrected chi connectivity index (χ2v) is 8.77. The molecule has 1 aromatic heterocycles. The molecule has 5 nitrogen and oxygen atoms in total. The fraction of sp³-hybridized carbons (Fsp3) is 0.190. The number of benzene rings is 2. The Labute approximate surface area is 184 Å². The fourth-order valence-electron chi connectivity index (χ4n) is 3.57. The number of anilines is 1. The fourth-order valence-corrected chi connectivity index (χ4v) is 4.34. The summed E-state index contributed by atoms with van der Waals surface area (Å²) < 4.78 is 37.6. The Hall–Kier alpha value is -2.78. The van der Waals surface area contributed by atoms with Gasteiger partial charge in [0.1, 0.15) is 10.7 Å². The summed E-state index contributed by atoms with van der Waals surface area (Å²) in [5.74, 6) is -0.509. The molecule has 1 unspecified atom stereocenters. The standard InChI is InChI=1S/C21H15ClF3N3O2S/c1-20(11-12-10-17(22)26-16-5-3-2-4-15(12)16)18(29)28(19(30)27-20)13-6-8-14(9-7-13)31-21(23,24)25/h2-10H,11H2,1H3,(H,27,30). The van der Waals surface area contributed by atoms with Crippen LogP contribution in [0.3, 0.4) is 0 Å². The van der Waals surface area contributed by atoms with E-state index >= 15 is 0 Å². The van der Waals surface area contributed by atoms with Gasteiger partial charge >= 0.3 is 11.5 Å². The summed E-state index contributed by atoms with van der Waals surface area (Å²) >= 11 is 5.86. The molecule has 1 aliphatic heterocycles. The van der Waals surface area contributed by atoms with E-state index in [0.717, 1.165) is 15.8 Å². The van der Waals surface area contributed by atoms with Gasteiger partial charge in [0.05, 0.1) is 11.2 Å². The first-order valence-corrected chi connectivity index (χ1v) is 10.3. The van der Waals surface area contributed by atoms with Gasteiger partial charge in [0.25, 0.3) is 5.91 Å². The highest BCUT2D eigenvalue weighted by molar-refractivity contribution is 8.00. The Morgan fingerprint density at radius 2 is 1.81 bits per heavy atom. The topological polar surface area (TPSA) is 62.3 Å². The van der Waals surface area contributed by atoms with Crippen LogP contribution in [0.1, 0.15) is 12.5 Å². The molecule has 3 aromatic rings. The lowest BCUT2D eigenvalue weighted by atomic mass is 9.91. The van der Waals surface area contributed by atoms with Gasteiger partial charge in [-0.25, -0.2) is 14.7 Å². The maximum absolute atomic E-state index is 13.2. The van der Waals surface area contributed by atoms with E-state index in [9.17, 15) is 22.8 Å². The Bertz CT molecular complexity index is 1190. The van der Waals surface area contributed by atoms with Crippen molar-refractivity contribution >= 4 is 51.9 Å². The van der Waals surface area contributed by atoms with E-state index in [1.165, 1.54) is 24.3 Å². The second kappa shape index (κ2) is 7.72. The third-order valence-electron chi connectivity index (χ3n) is 4.90. The number of aromatic nitrogens is 1. The summed E-state index contributed by atoms with van der Waals surface area (Å²) in [5.41, 5.74) is -4.08. The Morgan fingerprint density at radius 1 is 1.13 bits per heavy atom. The zero-order chi connectivity index (χ0) is 22.4. The van der Waals surface area contributed by atoms with Gasteiger partial charge in [-0.1, -0.05) is 29.8 Å². The molecular formula is C21H15ClF3N3O2S. The number of amides is 3. The van der Waals surface area contributed by atoms with E-state index in [2.05, 4.69) is 10.3 Å². The van der Waals surface area contributed by atoms with Crippen molar-refractivity contribution in [1.82, 2.24) is 10.3 Å². The number of hydrogen-bond donors (Lipinski definition) is 1. The van der Waals surface area contributed by atoms with Gasteiger partial charge in [0, 0.05) is 16.7 Å². The molecule has 31 heavy (non-hydrogen) atoms. The number of alkyl halides is 3. The molecule has 1 N–H and O–H groups in total. The number of thioether (sulfide) groups is 1. The van der Waals surface area contributed by atoms with Gasteiger partial charge in [-0.2, -0.15) is 13.2 Å². The number of fused-ring (bicyclic) bond motifs is 1. The van der Waals surface area contributed by atoms with Crippen molar-refractivity contribution in [3.8, 4) is 0 Å². The van der Waals surface area contributed by atoms with Gasteiger partial charge in [0.2, 0.25) is 0 Å². The summed E-state index contributed by atoms with van der Waals surface area (Å²) in [4.78, 5) is 31.0. The highest BCUT2D eigenvalue weighted by atomic mass is 35.5. The minimum absolute atomic E-state index is 0.0380. The molecule has 2 aromatic carbocycles. The summed E-state index contributed by atoms with van der Waals surface area (Å²) in [5, 5.41) is 3.78. The number of hydrogen-bond acceptors (Lipinski definition) is 4. The van der Waals surface area contributed by atoms with E-state index in [-0.39, 0.29) is 33.9 Å². The molecule has 1 saturated heterocycles. The first-order chi connectivity index (χ1) is 14.6. The van der Waals surface area contributed by atoms with Crippen LogP contribution in [0.25, 0.3) is 10.9 Å². The lowest BCUT2D eigenvalue weighted by molar-refractivity contribution is -0.121. The average Bonchev–Trinajstić information content (AvgIpc) is 2.89. The van der Waals surface area contributed by atoms with Crippen molar-refractivity contribution in [2.75, 3.05) is 4.90 Å². The molecular weight excluding hydrogens is 451 g/mol. The van der Waals surface area contributed by atoms with Crippen LogP contribution in [0.15, 0.2) is 59.5 Å². The highest BCUT2D eigenvalue weighted by Gasteiger charge is 2.48. The third-order valence-corrected chi connectivity index (χ3v) is 5.84. The SMILES string of the molecule is CC1(Cc2cc(Cl)nc3ccccc23)NC(=O)N(c2ccc(SC(F)(F)F)cc2)C1=O. The van der Waals surface area contributed by atoms with Crippen molar-refractivity contribution in [3.05, 3.63) is 65.3 Å². The summed E-state index contributed by atoms with van der Waals surface area (Å²) in [7, 11) is 0. The number of urea groups is 1. The van der Waals surface area contributed by atoms with Crippen LogP contribution in [0.5, 0.6) is 0 Å². The molecule has 0 spiro atoms. The van der Waals surface area contributed by atoms with Crippen LogP contribution >= 0.6 is 23.4 Å². The van der Waals surface area contributed by atoms with Crippen molar-refractivity contribution in [1.29, 1.82) is 0 Å². The number of imide groups is 1. The first kappa shape index (κ1) is 21.5. The lowest BCUT2D eigenvalue weighted by Crippen LogP contribution is -2.46. The molecule has 4 rings (SSSR count). The highest BCUT2D eigenvalue weighted by Crippen LogP contribution is 2.38. The predicted octanol–water partition coefficient (Wildman–Crippen LogP) is 5.56. The molecule has 1 aliphatic rings. The van der Waals surface area contributed by atoms with E-state index in [0.29, 0.717) is 5.52 Å². The number of nitrogens with zero attached hydrogens (tertiary/aromatic N) is 2. The quantitative estimate of drug-likeness (QED) is 0.311. The summed E-state index contributed by atoms with van der Waals surface area (Å²) in [6.45, 7) is 1.60. The first-order valence-electron chi connectivity index (χ1n) is 9.12. The molecule has 0 aliphatic carbocycles. The molecule has 1 atom stereocenters. The number of pyridine rings is 1. The molecule has 160 valence electrons. The van der Waals surface area contributed by atoms with Gasteiger partial charge in [-0.15, -0.1) is 0 Å². The molecule has 2 heterocycles. The van der Waals surface area contributed by atoms with E-state index in [1.807, 2.05) is 18.2 Å². The van der Waals surface area contributed by atoms with Crippen molar-refractivity contribution in [2.45, 2.75) is 29.3 Å². The maximum atomic E-state index is 13.2. The van der Waals surface area contributed by atoms with Crippen LogP contribution < -0.4 is 10.2 Å². The molecule has 3 amide bonds. The van der Waals surface area contributed by atoms with Gasteiger partial charge in [-0.3, -0.25) is 4.79 Å². The van der Waals surface area contributed by atoms with Crippen molar-refractivity contribution in [2.24, 2.45) is 0 Å². The zero-order valence-electron chi connectivity index (χ0n) is 16.0. The smallest absolute Gasteiger partial charge is 0.323 e. The Balaban J connectivity index is 1.62. The van der Waals surface area contributed by atoms with E-state index < -0.39 is 23.0 Å². The molecule has 0 saturated carbocycles. The van der Waals surface area contributed by atoms with Crippen molar-refractivity contribution in [3.63, 3.8) is 0 Å². The number of halogens is 4.